The van der Waals surface area contributed by atoms with Crippen LogP contribution in [-0.4, -0.2) is 5.78 Å². The Bertz CT molecular complexity index is 168. The summed E-state index contributed by atoms with van der Waals surface area (Å²) in [6.45, 7) is 2.17. The van der Waals surface area contributed by atoms with E-state index in [2.05, 4.69) is 6.92 Å². The first-order valence-corrected chi connectivity index (χ1v) is 4.52. The summed E-state index contributed by atoms with van der Waals surface area (Å²) in [4.78, 5) is 11.1. The maximum Gasteiger partial charge on any atom is 0.159 e. The van der Waals surface area contributed by atoms with Crippen molar-refractivity contribution in [3.63, 3.8) is 0 Å². The van der Waals surface area contributed by atoms with Crippen molar-refractivity contribution >= 4 is 17.4 Å². The molecule has 11 heavy (non-hydrogen) atoms. The van der Waals surface area contributed by atoms with Gasteiger partial charge in [-0.15, -0.1) is 0 Å². The van der Waals surface area contributed by atoms with Gasteiger partial charge in [-0.2, -0.15) is 0 Å². The highest BCUT2D eigenvalue weighted by Crippen LogP contribution is 2.36. The van der Waals surface area contributed by atoms with Gasteiger partial charge in [0.25, 0.3) is 0 Å². The van der Waals surface area contributed by atoms with Gasteiger partial charge in [0.15, 0.2) is 5.78 Å². The number of carbonyl (C=O) groups excluding carboxylic acids is 1. The SMILES string of the molecule is CCC1CC(C(=O)/C=C/Cl)C1. The highest BCUT2D eigenvalue weighted by molar-refractivity contribution is 6.26. The van der Waals surface area contributed by atoms with Gasteiger partial charge in [0, 0.05) is 11.5 Å². The molecule has 0 spiro atoms. The number of rotatable bonds is 3. The van der Waals surface area contributed by atoms with Gasteiger partial charge in [0.2, 0.25) is 0 Å². The maximum atomic E-state index is 11.1. The van der Waals surface area contributed by atoms with Gasteiger partial charge >= 0.3 is 0 Å². The van der Waals surface area contributed by atoms with Crippen LogP contribution in [0.3, 0.4) is 0 Å². The first-order valence-electron chi connectivity index (χ1n) is 4.08. The molecule has 62 valence electrons. The van der Waals surface area contributed by atoms with Gasteiger partial charge in [0.05, 0.1) is 0 Å². The number of hydrogen-bond acceptors (Lipinski definition) is 1. The molecule has 0 amide bonds. The van der Waals surface area contributed by atoms with Crippen LogP contribution in [0.4, 0.5) is 0 Å². The number of ketones is 1. The summed E-state index contributed by atoms with van der Waals surface area (Å²) in [6, 6.07) is 0. The van der Waals surface area contributed by atoms with Crippen molar-refractivity contribution < 1.29 is 4.79 Å². The normalized spacial score (nSPS) is 30.4. The van der Waals surface area contributed by atoms with Crippen molar-refractivity contribution in [2.24, 2.45) is 11.8 Å². The predicted octanol–water partition coefficient (Wildman–Crippen LogP) is 2.74. The topological polar surface area (TPSA) is 17.1 Å². The first kappa shape index (κ1) is 8.79. The van der Waals surface area contributed by atoms with E-state index in [1.807, 2.05) is 0 Å². The summed E-state index contributed by atoms with van der Waals surface area (Å²) in [5.74, 6) is 1.26. The molecule has 0 N–H and O–H groups in total. The highest BCUT2D eigenvalue weighted by atomic mass is 35.5. The van der Waals surface area contributed by atoms with Crippen molar-refractivity contribution in [2.45, 2.75) is 26.2 Å². The van der Waals surface area contributed by atoms with Crippen LogP contribution in [0.5, 0.6) is 0 Å². The van der Waals surface area contributed by atoms with Crippen LogP contribution in [0.1, 0.15) is 26.2 Å². The van der Waals surface area contributed by atoms with Crippen molar-refractivity contribution in [1.29, 1.82) is 0 Å². The van der Waals surface area contributed by atoms with Gasteiger partial charge < -0.3 is 0 Å². The minimum Gasteiger partial charge on any atom is -0.295 e. The van der Waals surface area contributed by atoms with E-state index in [-0.39, 0.29) is 11.7 Å². The third-order valence-electron chi connectivity index (χ3n) is 2.44. The lowest BCUT2D eigenvalue weighted by molar-refractivity contribution is -0.122. The van der Waals surface area contributed by atoms with Gasteiger partial charge in [-0.05, 0) is 24.8 Å². The predicted molar refractivity (Wildman–Crippen MR) is 46.5 cm³/mol. The molecule has 1 aliphatic carbocycles. The fraction of sp³-hybridized carbons (Fsp3) is 0.667. The lowest BCUT2D eigenvalue weighted by Gasteiger charge is -2.32. The average molecular weight is 173 g/mol. The summed E-state index contributed by atoms with van der Waals surface area (Å²) in [5, 5.41) is 0. The van der Waals surface area contributed by atoms with Crippen molar-refractivity contribution in [1.82, 2.24) is 0 Å². The smallest absolute Gasteiger partial charge is 0.159 e. The molecule has 0 radical (unpaired) electrons. The molecule has 0 aromatic rings. The molecule has 0 unspecified atom stereocenters. The zero-order valence-electron chi connectivity index (χ0n) is 6.72. The molecular formula is C9H13ClO. The Labute approximate surface area is 72.4 Å². The first-order chi connectivity index (χ1) is 5.27. The quantitative estimate of drug-likeness (QED) is 0.599. The van der Waals surface area contributed by atoms with Crippen LogP contribution in [0, 0.1) is 11.8 Å². The molecule has 1 fully saturated rings. The Morgan fingerprint density at radius 3 is 2.73 bits per heavy atom. The number of halogens is 1. The van der Waals surface area contributed by atoms with Crippen molar-refractivity contribution in [3.8, 4) is 0 Å². The molecule has 1 saturated carbocycles. The Kier molecular flexibility index (Phi) is 3.13. The van der Waals surface area contributed by atoms with Gasteiger partial charge in [0.1, 0.15) is 0 Å². The van der Waals surface area contributed by atoms with E-state index in [4.69, 9.17) is 11.6 Å². The summed E-state index contributed by atoms with van der Waals surface area (Å²) >= 11 is 5.29. The minimum atomic E-state index is 0.199. The molecule has 0 aromatic heterocycles. The highest BCUT2D eigenvalue weighted by Gasteiger charge is 2.31. The van der Waals surface area contributed by atoms with Gasteiger partial charge in [-0.1, -0.05) is 24.9 Å². The van der Waals surface area contributed by atoms with E-state index in [0.29, 0.717) is 0 Å². The summed E-state index contributed by atoms with van der Waals surface area (Å²) in [6.07, 6.45) is 4.81. The molecule has 1 nitrogen and oxygen atoms in total. The third-order valence-corrected chi connectivity index (χ3v) is 2.57. The number of carbonyl (C=O) groups is 1. The second kappa shape index (κ2) is 3.91. The molecule has 0 heterocycles. The van der Waals surface area contributed by atoms with E-state index in [1.54, 1.807) is 0 Å². The van der Waals surface area contributed by atoms with E-state index in [9.17, 15) is 4.79 Å². The Morgan fingerprint density at radius 1 is 1.64 bits per heavy atom. The summed E-state index contributed by atoms with van der Waals surface area (Å²) < 4.78 is 0. The van der Waals surface area contributed by atoms with E-state index >= 15 is 0 Å². The Balaban J connectivity index is 2.26. The Morgan fingerprint density at radius 2 is 2.27 bits per heavy atom. The van der Waals surface area contributed by atoms with E-state index in [0.717, 1.165) is 18.8 Å². The zero-order chi connectivity index (χ0) is 8.27. The molecule has 1 rings (SSSR count). The number of hydrogen-bond donors (Lipinski definition) is 0. The molecule has 2 heteroatoms. The summed E-state index contributed by atoms with van der Waals surface area (Å²) in [7, 11) is 0. The van der Waals surface area contributed by atoms with Crippen molar-refractivity contribution in [2.75, 3.05) is 0 Å². The second-order valence-corrected chi connectivity index (χ2v) is 3.39. The second-order valence-electron chi connectivity index (χ2n) is 3.14. The molecule has 1 aliphatic rings. The van der Waals surface area contributed by atoms with Crippen LogP contribution in [-0.2, 0) is 4.79 Å². The van der Waals surface area contributed by atoms with Crippen molar-refractivity contribution in [3.05, 3.63) is 11.6 Å². The summed E-state index contributed by atoms with van der Waals surface area (Å²) in [5.41, 5.74) is 1.31. The molecule has 0 aliphatic heterocycles. The molecule has 0 bridgehead atoms. The Hall–Kier alpha value is -0.300. The third kappa shape index (κ3) is 2.06. The fourth-order valence-corrected chi connectivity index (χ4v) is 1.62. The molecule has 0 atom stereocenters. The largest absolute Gasteiger partial charge is 0.295 e. The lowest BCUT2D eigenvalue weighted by Crippen LogP contribution is -2.28. The molecular weight excluding hydrogens is 160 g/mol. The van der Waals surface area contributed by atoms with E-state index < -0.39 is 0 Å². The van der Waals surface area contributed by atoms with Crippen LogP contribution in [0.2, 0.25) is 0 Å². The van der Waals surface area contributed by atoms with Crippen LogP contribution < -0.4 is 0 Å². The molecule has 0 saturated heterocycles. The minimum absolute atomic E-state index is 0.199. The van der Waals surface area contributed by atoms with Gasteiger partial charge in [-0.25, -0.2) is 0 Å². The fourth-order valence-electron chi connectivity index (χ4n) is 1.50. The maximum absolute atomic E-state index is 11.1. The average Bonchev–Trinajstić information content (AvgIpc) is 1.86. The number of allylic oxidation sites excluding steroid dienone is 1. The van der Waals surface area contributed by atoms with Crippen LogP contribution in [0.15, 0.2) is 11.6 Å². The lowest BCUT2D eigenvalue weighted by atomic mass is 9.71. The monoisotopic (exact) mass is 172 g/mol. The van der Waals surface area contributed by atoms with Crippen LogP contribution in [0.25, 0.3) is 0 Å². The van der Waals surface area contributed by atoms with Crippen LogP contribution >= 0.6 is 11.6 Å². The van der Waals surface area contributed by atoms with Gasteiger partial charge in [-0.3, -0.25) is 4.79 Å². The molecule has 0 aromatic carbocycles. The zero-order valence-corrected chi connectivity index (χ0v) is 7.47. The van der Waals surface area contributed by atoms with E-state index in [1.165, 1.54) is 18.0 Å². The standard InChI is InChI=1S/C9H13ClO/c1-2-7-5-8(6-7)9(11)3-4-10/h3-4,7-8H,2,5-6H2,1H3/b4-3+.